The first kappa shape index (κ1) is 18.6. The molecule has 1 aromatic carbocycles. The van der Waals surface area contributed by atoms with E-state index in [1.54, 1.807) is 6.07 Å². The molecule has 1 heterocycles. The number of halogens is 1. The normalized spacial score (nSPS) is 12.3. The fraction of sp³-hybridized carbons (Fsp3) is 0.389. The quantitative estimate of drug-likeness (QED) is 0.735. The van der Waals surface area contributed by atoms with Crippen molar-refractivity contribution in [3.63, 3.8) is 0 Å². The Morgan fingerprint density at radius 2 is 2.00 bits per heavy atom. The molecule has 0 radical (unpaired) electrons. The highest BCUT2D eigenvalue weighted by atomic mass is 35.5. The molecular formula is C18H20ClNO3S. The maximum Gasteiger partial charge on any atom is 0.306 e. The van der Waals surface area contributed by atoms with Crippen LogP contribution in [0.2, 0.25) is 5.02 Å². The zero-order chi connectivity index (χ0) is 17.7. The molecule has 0 amide bonds. The molecule has 1 N–H and O–H groups in total. The topological polar surface area (TPSA) is 67.3 Å². The van der Waals surface area contributed by atoms with Gasteiger partial charge in [0.1, 0.15) is 10.8 Å². The molecule has 128 valence electrons. The minimum Gasteiger partial charge on any atom is -0.481 e. The second-order valence-corrected chi connectivity index (χ2v) is 7.47. The number of hydrogen-bond donors (Lipinski definition) is 1. The van der Waals surface area contributed by atoms with Crippen LogP contribution < -0.4 is 0 Å². The van der Waals surface area contributed by atoms with Gasteiger partial charge in [-0.3, -0.25) is 9.59 Å². The van der Waals surface area contributed by atoms with Crippen LogP contribution in [0, 0.1) is 11.8 Å². The van der Waals surface area contributed by atoms with Gasteiger partial charge in [0.2, 0.25) is 0 Å². The van der Waals surface area contributed by atoms with E-state index in [9.17, 15) is 14.7 Å². The smallest absolute Gasteiger partial charge is 0.306 e. The summed E-state index contributed by atoms with van der Waals surface area (Å²) >= 11 is 7.59. The lowest BCUT2D eigenvalue weighted by Gasteiger charge is -2.13. The summed E-state index contributed by atoms with van der Waals surface area (Å²) in [6, 6.07) is 7.42. The van der Waals surface area contributed by atoms with Crippen molar-refractivity contribution >= 4 is 34.7 Å². The van der Waals surface area contributed by atoms with Crippen LogP contribution in [-0.4, -0.2) is 21.8 Å². The van der Waals surface area contributed by atoms with Crippen LogP contribution in [0.25, 0.3) is 10.6 Å². The number of hydrogen-bond acceptors (Lipinski definition) is 4. The zero-order valence-corrected chi connectivity index (χ0v) is 15.2. The van der Waals surface area contributed by atoms with Gasteiger partial charge in [0.05, 0.1) is 16.6 Å². The number of aromatic nitrogens is 1. The van der Waals surface area contributed by atoms with Crippen molar-refractivity contribution in [2.75, 3.05) is 0 Å². The predicted octanol–water partition coefficient (Wildman–Crippen LogP) is 4.71. The summed E-state index contributed by atoms with van der Waals surface area (Å²) in [5, 5.41) is 12.5. The van der Waals surface area contributed by atoms with Gasteiger partial charge in [0, 0.05) is 23.8 Å². The Labute approximate surface area is 150 Å². The molecule has 24 heavy (non-hydrogen) atoms. The van der Waals surface area contributed by atoms with Crippen molar-refractivity contribution in [2.45, 2.75) is 33.1 Å². The number of Topliss-reactive ketones (excluding diaryl/α,β-unsaturated/α-hetero) is 1. The summed E-state index contributed by atoms with van der Waals surface area (Å²) in [4.78, 5) is 27.9. The Bertz CT molecular complexity index is 727. The molecule has 0 spiro atoms. The van der Waals surface area contributed by atoms with Crippen molar-refractivity contribution in [2.24, 2.45) is 11.8 Å². The molecule has 0 fully saturated rings. The van der Waals surface area contributed by atoms with Crippen molar-refractivity contribution in [3.8, 4) is 10.6 Å². The van der Waals surface area contributed by atoms with Crippen molar-refractivity contribution in [1.82, 2.24) is 4.98 Å². The van der Waals surface area contributed by atoms with Gasteiger partial charge in [-0.05, 0) is 18.4 Å². The number of aliphatic carboxylic acids is 1. The Hall–Kier alpha value is -1.72. The summed E-state index contributed by atoms with van der Waals surface area (Å²) in [5.74, 6) is -1.39. The average Bonchev–Trinajstić information content (AvgIpc) is 2.94. The van der Waals surface area contributed by atoms with Gasteiger partial charge in [0.25, 0.3) is 0 Å². The molecule has 0 aliphatic carbocycles. The first-order valence-corrected chi connectivity index (χ1v) is 9.06. The highest BCUT2D eigenvalue weighted by molar-refractivity contribution is 7.13. The Morgan fingerprint density at radius 1 is 1.29 bits per heavy atom. The second-order valence-electron chi connectivity index (χ2n) is 6.21. The third-order valence-corrected chi connectivity index (χ3v) is 4.87. The standard InChI is InChI=1S/C18H20ClNO3S/c1-11(2)7-12(18(22)23)8-14(21)9-13-10-24-17(20-13)15-5-3-4-6-16(15)19/h3-6,10-12H,7-9H2,1-2H3,(H,22,23)/t12-/m1/s1. The van der Waals surface area contributed by atoms with E-state index in [1.165, 1.54) is 11.3 Å². The number of ketones is 1. The number of rotatable bonds is 8. The van der Waals surface area contributed by atoms with Gasteiger partial charge < -0.3 is 5.11 Å². The van der Waals surface area contributed by atoms with Gasteiger partial charge in [0.15, 0.2) is 0 Å². The van der Waals surface area contributed by atoms with Crippen LogP contribution in [-0.2, 0) is 16.0 Å². The van der Waals surface area contributed by atoms with Crippen LogP contribution in [0.15, 0.2) is 29.6 Å². The summed E-state index contributed by atoms with van der Waals surface area (Å²) in [7, 11) is 0. The number of carbonyl (C=O) groups is 2. The van der Waals surface area contributed by atoms with Gasteiger partial charge in [-0.1, -0.05) is 43.6 Å². The molecule has 1 atom stereocenters. The number of benzene rings is 1. The second kappa shape index (κ2) is 8.40. The lowest BCUT2D eigenvalue weighted by molar-refractivity contribution is -0.144. The summed E-state index contributed by atoms with van der Waals surface area (Å²) in [6.07, 6.45) is 0.707. The largest absolute Gasteiger partial charge is 0.481 e. The van der Waals surface area contributed by atoms with E-state index < -0.39 is 11.9 Å². The molecule has 6 heteroatoms. The third kappa shape index (κ3) is 5.14. The highest BCUT2D eigenvalue weighted by Crippen LogP contribution is 2.30. The van der Waals surface area contributed by atoms with E-state index in [0.29, 0.717) is 17.1 Å². The molecule has 2 rings (SSSR count). The number of carboxylic acids is 1. The summed E-state index contributed by atoms with van der Waals surface area (Å²) in [6.45, 7) is 3.91. The van der Waals surface area contributed by atoms with Crippen LogP contribution in [0.3, 0.4) is 0 Å². The maximum atomic E-state index is 12.2. The number of thiazole rings is 1. The Morgan fingerprint density at radius 3 is 2.62 bits per heavy atom. The first-order valence-electron chi connectivity index (χ1n) is 7.80. The minimum atomic E-state index is -0.910. The van der Waals surface area contributed by atoms with Crippen LogP contribution in [0.1, 0.15) is 32.4 Å². The monoisotopic (exact) mass is 365 g/mol. The Kier molecular flexibility index (Phi) is 6.52. The van der Waals surface area contributed by atoms with Crippen molar-refractivity contribution < 1.29 is 14.7 Å². The first-order chi connectivity index (χ1) is 11.4. The fourth-order valence-corrected chi connectivity index (χ4v) is 3.68. The van der Waals surface area contributed by atoms with Crippen LogP contribution in [0.5, 0.6) is 0 Å². The molecule has 0 saturated carbocycles. The molecule has 0 saturated heterocycles. The van der Waals surface area contributed by atoms with E-state index in [0.717, 1.165) is 10.6 Å². The average molecular weight is 366 g/mol. The molecule has 2 aromatic rings. The van der Waals surface area contributed by atoms with Gasteiger partial charge >= 0.3 is 5.97 Å². The van der Waals surface area contributed by atoms with E-state index in [4.69, 9.17) is 11.6 Å². The predicted molar refractivity (Wildman–Crippen MR) is 96.5 cm³/mol. The lowest BCUT2D eigenvalue weighted by Crippen LogP contribution is -2.20. The van der Waals surface area contributed by atoms with Crippen molar-refractivity contribution in [3.05, 3.63) is 40.4 Å². The van der Waals surface area contributed by atoms with Crippen molar-refractivity contribution in [1.29, 1.82) is 0 Å². The Balaban J connectivity index is 2.02. The molecule has 0 aliphatic heterocycles. The van der Waals surface area contributed by atoms with Gasteiger partial charge in [-0.2, -0.15) is 0 Å². The third-order valence-electron chi connectivity index (χ3n) is 3.61. The van der Waals surface area contributed by atoms with E-state index >= 15 is 0 Å². The van der Waals surface area contributed by atoms with E-state index in [-0.39, 0.29) is 24.5 Å². The SMILES string of the molecule is CC(C)C[C@H](CC(=O)Cc1csc(-c2ccccc2Cl)n1)C(=O)O. The van der Waals surface area contributed by atoms with E-state index in [2.05, 4.69) is 4.98 Å². The lowest BCUT2D eigenvalue weighted by atomic mass is 9.91. The molecule has 0 aliphatic rings. The zero-order valence-electron chi connectivity index (χ0n) is 13.7. The van der Waals surface area contributed by atoms with E-state index in [1.807, 2.05) is 37.4 Å². The van der Waals surface area contributed by atoms with Gasteiger partial charge in [-0.15, -0.1) is 11.3 Å². The minimum absolute atomic E-state index is 0.0481. The molecule has 0 bridgehead atoms. The fourth-order valence-electron chi connectivity index (χ4n) is 2.54. The summed E-state index contributed by atoms with van der Waals surface area (Å²) < 4.78 is 0. The maximum absolute atomic E-state index is 12.2. The van der Waals surface area contributed by atoms with Crippen LogP contribution in [0.4, 0.5) is 0 Å². The molecule has 1 aromatic heterocycles. The number of carbonyl (C=O) groups excluding carboxylic acids is 1. The van der Waals surface area contributed by atoms with Gasteiger partial charge in [-0.25, -0.2) is 4.98 Å². The summed E-state index contributed by atoms with van der Waals surface area (Å²) in [5.41, 5.74) is 1.50. The number of carboxylic acid groups (broad SMARTS) is 1. The molecule has 4 nitrogen and oxygen atoms in total. The molecule has 0 unspecified atom stereocenters. The molecular weight excluding hydrogens is 346 g/mol. The number of nitrogens with zero attached hydrogens (tertiary/aromatic N) is 1. The highest BCUT2D eigenvalue weighted by Gasteiger charge is 2.23. The van der Waals surface area contributed by atoms with Crippen LogP contribution >= 0.6 is 22.9 Å².